The lowest BCUT2D eigenvalue weighted by Crippen LogP contribution is -2.17. The first-order chi connectivity index (χ1) is 10.1. The summed E-state index contributed by atoms with van der Waals surface area (Å²) in [6.45, 7) is 5.58. The molecule has 1 aromatic heterocycles. The van der Waals surface area contributed by atoms with Crippen molar-refractivity contribution in [1.29, 1.82) is 0 Å². The first-order valence-corrected chi connectivity index (χ1v) is 7.08. The van der Waals surface area contributed by atoms with Crippen molar-refractivity contribution in [3.8, 4) is 5.75 Å². The number of ether oxygens (including phenoxy) is 2. The molecule has 0 amide bonds. The van der Waals surface area contributed by atoms with E-state index in [4.69, 9.17) is 9.47 Å². The quantitative estimate of drug-likeness (QED) is 0.865. The van der Waals surface area contributed by atoms with Gasteiger partial charge in [-0.1, -0.05) is 12.1 Å². The summed E-state index contributed by atoms with van der Waals surface area (Å²) in [6, 6.07) is 12.2. The number of hydrogen-bond donors (Lipinski definition) is 0. The van der Waals surface area contributed by atoms with E-state index in [1.807, 2.05) is 24.3 Å². The van der Waals surface area contributed by atoms with Crippen molar-refractivity contribution in [3.05, 3.63) is 53.9 Å². The molecule has 0 N–H and O–H groups in total. The Labute approximate surface area is 125 Å². The molecule has 3 rings (SSSR count). The van der Waals surface area contributed by atoms with Gasteiger partial charge in [0.05, 0.1) is 12.6 Å². The summed E-state index contributed by atoms with van der Waals surface area (Å²) >= 11 is 0. The second kappa shape index (κ2) is 5.28. The highest BCUT2D eigenvalue weighted by atomic mass is 16.5. The minimum absolute atomic E-state index is 0.134. The van der Waals surface area contributed by atoms with Crippen LogP contribution in [-0.2, 0) is 11.3 Å². The molecule has 0 saturated carbocycles. The predicted molar refractivity (Wildman–Crippen MR) is 83.1 cm³/mol. The molecule has 2 heterocycles. The summed E-state index contributed by atoms with van der Waals surface area (Å²) in [5, 5.41) is 0. The third kappa shape index (κ3) is 2.94. The van der Waals surface area contributed by atoms with Crippen LogP contribution in [0.5, 0.6) is 5.75 Å². The van der Waals surface area contributed by atoms with Crippen molar-refractivity contribution < 1.29 is 9.47 Å². The first-order valence-electron chi connectivity index (χ1n) is 7.08. The highest BCUT2D eigenvalue weighted by Crippen LogP contribution is 2.21. The number of hydrogen-bond acceptors (Lipinski definition) is 3. The number of nitrogens with zero attached hydrogens (tertiary/aromatic N) is 2. The topological polar surface area (TPSA) is 35.8 Å². The van der Waals surface area contributed by atoms with Crippen LogP contribution in [-0.4, -0.2) is 29.7 Å². The Morgan fingerprint density at radius 3 is 2.62 bits per heavy atom. The Kier molecular flexibility index (Phi) is 3.45. The van der Waals surface area contributed by atoms with Crippen LogP contribution < -0.4 is 4.74 Å². The van der Waals surface area contributed by atoms with Crippen molar-refractivity contribution in [2.75, 3.05) is 13.7 Å². The highest BCUT2D eigenvalue weighted by molar-refractivity contribution is 5.94. The van der Waals surface area contributed by atoms with Gasteiger partial charge in [0.25, 0.3) is 0 Å². The molecule has 0 radical (unpaired) electrons. The van der Waals surface area contributed by atoms with Gasteiger partial charge >= 0.3 is 0 Å². The van der Waals surface area contributed by atoms with E-state index in [1.165, 1.54) is 5.56 Å². The van der Waals surface area contributed by atoms with Gasteiger partial charge in [-0.25, -0.2) is 4.99 Å². The Balaban J connectivity index is 1.82. The summed E-state index contributed by atoms with van der Waals surface area (Å²) < 4.78 is 13.1. The Morgan fingerprint density at radius 2 is 2.00 bits per heavy atom. The summed E-state index contributed by atoms with van der Waals surface area (Å²) in [5.74, 6) is 1.61. The van der Waals surface area contributed by atoms with Crippen LogP contribution in [0.1, 0.15) is 25.1 Å². The maximum absolute atomic E-state index is 5.74. The summed E-state index contributed by atoms with van der Waals surface area (Å²) in [5.41, 5.74) is 2.10. The number of aliphatic imine (C=N–C) groups is 1. The third-order valence-corrected chi connectivity index (χ3v) is 3.53. The van der Waals surface area contributed by atoms with Crippen LogP contribution >= 0.6 is 0 Å². The number of methoxy groups -OCH3 is 1. The molecule has 0 saturated heterocycles. The van der Waals surface area contributed by atoms with Crippen molar-refractivity contribution in [2.24, 2.45) is 4.99 Å². The summed E-state index contributed by atoms with van der Waals surface area (Å²) in [4.78, 5) is 4.65. The minimum Gasteiger partial charge on any atom is -0.497 e. The van der Waals surface area contributed by atoms with Crippen LogP contribution in [0.15, 0.2) is 47.6 Å². The smallest absolute Gasteiger partial charge is 0.234 e. The standard InChI is InChI=1S/C17H20N2O2/c1-17(2)12-21-16(18-17)15-5-4-10-19(15)11-13-6-8-14(20-3)9-7-13/h4-10H,11-12H2,1-3H3. The zero-order valence-electron chi connectivity index (χ0n) is 12.7. The van der Waals surface area contributed by atoms with E-state index in [2.05, 4.69) is 41.7 Å². The molecule has 1 aromatic carbocycles. The molecule has 0 aliphatic carbocycles. The molecular formula is C17H20N2O2. The van der Waals surface area contributed by atoms with Crippen LogP contribution in [0.2, 0.25) is 0 Å². The van der Waals surface area contributed by atoms with Crippen LogP contribution in [0.4, 0.5) is 0 Å². The second-order valence-corrected chi connectivity index (χ2v) is 5.89. The Bertz CT molecular complexity index is 654. The van der Waals surface area contributed by atoms with Gasteiger partial charge in [-0.15, -0.1) is 0 Å². The van der Waals surface area contributed by atoms with Crippen molar-refractivity contribution in [2.45, 2.75) is 25.9 Å². The van der Waals surface area contributed by atoms with Gasteiger partial charge in [0, 0.05) is 12.7 Å². The minimum atomic E-state index is -0.134. The van der Waals surface area contributed by atoms with Crippen molar-refractivity contribution in [3.63, 3.8) is 0 Å². The van der Waals surface area contributed by atoms with Gasteiger partial charge in [-0.05, 0) is 43.7 Å². The molecule has 0 spiro atoms. The Morgan fingerprint density at radius 1 is 1.24 bits per heavy atom. The lowest BCUT2D eigenvalue weighted by Gasteiger charge is -2.09. The molecule has 0 unspecified atom stereocenters. The molecule has 0 fully saturated rings. The third-order valence-electron chi connectivity index (χ3n) is 3.53. The molecule has 110 valence electrons. The van der Waals surface area contributed by atoms with Crippen molar-refractivity contribution in [1.82, 2.24) is 4.57 Å². The molecule has 4 heteroatoms. The second-order valence-electron chi connectivity index (χ2n) is 5.89. The number of benzene rings is 1. The van der Waals surface area contributed by atoms with Crippen LogP contribution in [0.25, 0.3) is 0 Å². The summed E-state index contributed by atoms with van der Waals surface area (Å²) in [7, 11) is 1.68. The normalized spacial score (nSPS) is 16.4. The van der Waals surface area contributed by atoms with E-state index in [-0.39, 0.29) is 5.54 Å². The van der Waals surface area contributed by atoms with Crippen molar-refractivity contribution >= 4 is 5.90 Å². The molecule has 1 aliphatic rings. The molecule has 1 aliphatic heterocycles. The zero-order chi connectivity index (χ0) is 14.9. The van der Waals surface area contributed by atoms with Gasteiger partial charge in [-0.2, -0.15) is 0 Å². The molecule has 2 aromatic rings. The van der Waals surface area contributed by atoms with E-state index in [1.54, 1.807) is 7.11 Å². The molecular weight excluding hydrogens is 264 g/mol. The highest BCUT2D eigenvalue weighted by Gasteiger charge is 2.28. The first kappa shape index (κ1) is 13.7. The van der Waals surface area contributed by atoms with E-state index >= 15 is 0 Å². The predicted octanol–water partition coefficient (Wildman–Crippen LogP) is 3.10. The van der Waals surface area contributed by atoms with E-state index in [0.717, 1.165) is 23.9 Å². The molecule has 0 atom stereocenters. The molecule has 4 nitrogen and oxygen atoms in total. The fourth-order valence-electron chi connectivity index (χ4n) is 2.39. The van der Waals surface area contributed by atoms with Gasteiger partial charge < -0.3 is 14.0 Å². The van der Waals surface area contributed by atoms with Gasteiger partial charge in [-0.3, -0.25) is 0 Å². The van der Waals surface area contributed by atoms with Crippen LogP contribution in [0, 0.1) is 0 Å². The van der Waals surface area contributed by atoms with Crippen LogP contribution in [0.3, 0.4) is 0 Å². The van der Waals surface area contributed by atoms with E-state index in [0.29, 0.717) is 6.61 Å². The Hall–Kier alpha value is -2.23. The molecule has 0 bridgehead atoms. The van der Waals surface area contributed by atoms with Gasteiger partial charge in [0.2, 0.25) is 5.90 Å². The maximum Gasteiger partial charge on any atom is 0.234 e. The largest absolute Gasteiger partial charge is 0.497 e. The SMILES string of the molecule is COc1ccc(Cn2cccc2C2=NC(C)(C)CO2)cc1. The average molecular weight is 284 g/mol. The summed E-state index contributed by atoms with van der Waals surface area (Å²) in [6.07, 6.45) is 2.05. The fraction of sp³-hybridized carbons (Fsp3) is 0.353. The lowest BCUT2D eigenvalue weighted by atomic mass is 10.1. The maximum atomic E-state index is 5.74. The number of aromatic nitrogens is 1. The molecule has 21 heavy (non-hydrogen) atoms. The number of rotatable bonds is 4. The van der Waals surface area contributed by atoms with Gasteiger partial charge in [0.15, 0.2) is 0 Å². The average Bonchev–Trinajstić information content (AvgIpc) is 3.06. The lowest BCUT2D eigenvalue weighted by molar-refractivity contribution is 0.278. The zero-order valence-corrected chi connectivity index (χ0v) is 12.7. The van der Waals surface area contributed by atoms with E-state index < -0.39 is 0 Å². The van der Waals surface area contributed by atoms with E-state index in [9.17, 15) is 0 Å². The fourth-order valence-corrected chi connectivity index (χ4v) is 2.39. The van der Waals surface area contributed by atoms with Gasteiger partial charge in [0.1, 0.15) is 18.1 Å². The monoisotopic (exact) mass is 284 g/mol.